The van der Waals surface area contributed by atoms with Gasteiger partial charge in [0.1, 0.15) is 11.7 Å². The van der Waals surface area contributed by atoms with Crippen LogP contribution in [0.5, 0.6) is 0 Å². The van der Waals surface area contributed by atoms with Gasteiger partial charge in [0, 0.05) is 78.8 Å². The molecule has 2 aromatic carbocycles. The number of nitrogens with one attached hydrogen (secondary N) is 2. The predicted octanol–water partition coefficient (Wildman–Crippen LogP) is 4.67. The molecule has 2 atom stereocenters. The van der Waals surface area contributed by atoms with Crippen molar-refractivity contribution in [3.8, 4) is 11.3 Å². The molecule has 4 aromatic rings. The number of imidazole rings is 1. The average Bonchev–Trinajstić information content (AvgIpc) is 3.50. The zero-order valence-corrected chi connectivity index (χ0v) is 22.0. The predicted molar refractivity (Wildman–Crippen MR) is 151 cm³/mol. The number of aromatic nitrogens is 3. The van der Waals surface area contributed by atoms with E-state index < -0.39 is 0 Å². The van der Waals surface area contributed by atoms with Gasteiger partial charge in [-0.15, -0.1) is 0 Å². The lowest BCUT2D eigenvalue weighted by Gasteiger charge is -2.35. The summed E-state index contributed by atoms with van der Waals surface area (Å²) in [5.41, 5.74) is 2.69. The summed E-state index contributed by atoms with van der Waals surface area (Å²) in [6, 6.07) is 16.8. The smallest absolute Gasteiger partial charge is 0.310 e. The molecule has 4 heterocycles. The zero-order chi connectivity index (χ0) is 26.1. The van der Waals surface area contributed by atoms with Gasteiger partial charge in [-0.2, -0.15) is 4.99 Å². The molecule has 6 rings (SSSR count). The van der Waals surface area contributed by atoms with Gasteiger partial charge in [-0.1, -0.05) is 41.9 Å². The molecule has 2 bridgehead atoms. The number of aryl methyl sites for hydroxylation is 1. The summed E-state index contributed by atoms with van der Waals surface area (Å²) in [5, 5.41) is 14.9. The highest BCUT2D eigenvalue weighted by Crippen LogP contribution is 2.33. The topological polar surface area (TPSA) is 91.4 Å². The molecular formula is C29H30ClN7O. The number of hydrogen-bond donors (Lipinski definition) is 2. The molecule has 2 fully saturated rings. The summed E-state index contributed by atoms with van der Waals surface area (Å²) in [7, 11) is 1.95. The van der Waals surface area contributed by atoms with E-state index in [1.165, 1.54) is 0 Å². The third-order valence-electron chi connectivity index (χ3n) is 7.36. The Morgan fingerprint density at radius 2 is 1.89 bits per heavy atom. The van der Waals surface area contributed by atoms with Gasteiger partial charge >= 0.3 is 6.02 Å². The highest BCUT2D eigenvalue weighted by molar-refractivity contribution is 6.36. The third kappa shape index (κ3) is 5.01. The first kappa shape index (κ1) is 24.6. The summed E-state index contributed by atoms with van der Waals surface area (Å²) < 4.78 is 7.65. The SMILES string of the molecule is Cn1ccnc1CCOC(=N)/N=C(\c1ccc(-c2cccc3cccc(Cl)c23)nc1)N1CC2CCC(C1)N2. The summed E-state index contributed by atoms with van der Waals surface area (Å²) >= 11 is 6.57. The lowest BCUT2D eigenvalue weighted by molar-refractivity contribution is 0.283. The van der Waals surface area contributed by atoms with Crippen molar-refractivity contribution < 1.29 is 4.74 Å². The van der Waals surface area contributed by atoms with Crippen LogP contribution in [0, 0.1) is 5.41 Å². The molecule has 2 N–H and O–H groups in total. The zero-order valence-electron chi connectivity index (χ0n) is 21.3. The van der Waals surface area contributed by atoms with Crippen LogP contribution in [0.15, 0.2) is 72.1 Å². The molecule has 0 spiro atoms. The fourth-order valence-electron chi connectivity index (χ4n) is 5.49. The normalized spacial score (nSPS) is 19.2. The molecule has 2 aromatic heterocycles. The minimum atomic E-state index is -0.106. The number of nitrogens with zero attached hydrogens (tertiary/aromatic N) is 5. The maximum atomic E-state index is 8.46. The summed E-state index contributed by atoms with van der Waals surface area (Å²) in [6.07, 6.45) is 8.43. The number of halogens is 1. The molecule has 8 nitrogen and oxygen atoms in total. The van der Waals surface area contributed by atoms with Crippen LogP contribution in [0.1, 0.15) is 24.2 Å². The molecule has 38 heavy (non-hydrogen) atoms. The van der Waals surface area contributed by atoms with Crippen LogP contribution < -0.4 is 5.32 Å². The van der Waals surface area contributed by atoms with Crippen LogP contribution in [-0.4, -0.2) is 63.1 Å². The third-order valence-corrected chi connectivity index (χ3v) is 7.68. The molecule has 0 aliphatic carbocycles. The van der Waals surface area contributed by atoms with Crippen LogP contribution in [0.3, 0.4) is 0 Å². The molecule has 0 saturated carbocycles. The highest BCUT2D eigenvalue weighted by Gasteiger charge is 2.34. The molecule has 0 radical (unpaired) electrons. The van der Waals surface area contributed by atoms with Crippen molar-refractivity contribution >= 4 is 34.2 Å². The van der Waals surface area contributed by atoms with Crippen molar-refractivity contribution in [2.75, 3.05) is 19.7 Å². The van der Waals surface area contributed by atoms with E-state index in [1.807, 2.05) is 60.4 Å². The Hall–Kier alpha value is -3.75. The number of hydrogen-bond acceptors (Lipinski definition) is 5. The Kier molecular flexibility index (Phi) is 6.82. The number of likely N-dealkylation sites (tertiary alicyclic amines) is 1. The highest BCUT2D eigenvalue weighted by atomic mass is 35.5. The minimum Gasteiger partial charge on any atom is -0.463 e. The molecule has 9 heteroatoms. The molecule has 2 unspecified atom stereocenters. The summed E-state index contributed by atoms with van der Waals surface area (Å²) in [6.45, 7) is 2.03. The van der Waals surface area contributed by atoms with E-state index in [4.69, 9.17) is 26.7 Å². The van der Waals surface area contributed by atoms with E-state index in [-0.39, 0.29) is 6.02 Å². The van der Waals surface area contributed by atoms with Crippen molar-refractivity contribution in [2.45, 2.75) is 31.3 Å². The summed E-state index contributed by atoms with van der Waals surface area (Å²) in [5.74, 6) is 1.63. The average molecular weight is 528 g/mol. The Bertz CT molecular complexity index is 1480. The monoisotopic (exact) mass is 527 g/mol. The Balaban J connectivity index is 1.27. The number of piperazine rings is 1. The van der Waals surface area contributed by atoms with Crippen LogP contribution in [0.2, 0.25) is 5.02 Å². The van der Waals surface area contributed by atoms with Gasteiger partial charge in [0.15, 0.2) is 0 Å². The number of rotatable bonds is 5. The van der Waals surface area contributed by atoms with Gasteiger partial charge in [0.05, 0.1) is 12.3 Å². The van der Waals surface area contributed by atoms with E-state index in [0.29, 0.717) is 30.1 Å². The van der Waals surface area contributed by atoms with E-state index >= 15 is 0 Å². The van der Waals surface area contributed by atoms with Gasteiger partial charge in [0.2, 0.25) is 0 Å². The number of benzene rings is 2. The molecule has 2 aliphatic rings. The van der Waals surface area contributed by atoms with Crippen LogP contribution in [-0.2, 0) is 18.2 Å². The number of amidine groups is 2. The molecule has 2 saturated heterocycles. The number of fused-ring (bicyclic) bond motifs is 3. The maximum Gasteiger partial charge on any atom is 0.310 e. The first-order valence-electron chi connectivity index (χ1n) is 13.0. The number of aliphatic imine (C=N–C) groups is 1. The molecule has 194 valence electrons. The first-order chi connectivity index (χ1) is 18.5. The standard InChI is InChI=1S/C29H30ClN7O/c1-36-14-13-32-26(36)12-15-38-29(31)35-28(37-17-21-9-10-22(18-37)34-21)20-8-11-25(33-16-20)23-6-2-4-19-5-3-7-24(30)27(19)23/h2-8,11,13-14,16,21-22,31,34H,9-10,12,15,17-18H2,1H3/b31-29?,35-28+. The fourth-order valence-corrected chi connectivity index (χ4v) is 5.77. The molecular weight excluding hydrogens is 498 g/mol. The van der Waals surface area contributed by atoms with Crippen molar-refractivity contribution in [1.82, 2.24) is 24.8 Å². The minimum absolute atomic E-state index is 0.106. The van der Waals surface area contributed by atoms with E-state index in [2.05, 4.69) is 32.3 Å². The second kappa shape index (κ2) is 10.6. The number of ether oxygens (including phenoxy) is 1. The Morgan fingerprint density at radius 3 is 2.61 bits per heavy atom. The number of pyridine rings is 1. The van der Waals surface area contributed by atoms with E-state index in [1.54, 1.807) is 6.20 Å². The fraction of sp³-hybridized carbons (Fsp3) is 0.310. The second-order valence-electron chi connectivity index (χ2n) is 9.91. The van der Waals surface area contributed by atoms with Gasteiger partial charge in [-0.3, -0.25) is 4.98 Å². The Labute approximate surface area is 226 Å². The van der Waals surface area contributed by atoms with Crippen LogP contribution >= 0.6 is 11.6 Å². The van der Waals surface area contributed by atoms with Crippen molar-refractivity contribution in [3.63, 3.8) is 0 Å². The van der Waals surface area contributed by atoms with Crippen molar-refractivity contribution in [2.24, 2.45) is 12.0 Å². The van der Waals surface area contributed by atoms with Crippen molar-refractivity contribution in [3.05, 3.63) is 83.5 Å². The quantitative estimate of drug-likeness (QED) is 0.291. The maximum absolute atomic E-state index is 8.46. The Morgan fingerprint density at radius 1 is 1.11 bits per heavy atom. The van der Waals surface area contributed by atoms with Gasteiger partial charge in [-0.25, -0.2) is 10.4 Å². The van der Waals surface area contributed by atoms with Crippen LogP contribution in [0.25, 0.3) is 22.0 Å². The first-order valence-corrected chi connectivity index (χ1v) is 13.3. The summed E-state index contributed by atoms with van der Waals surface area (Å²) in [4.78, 5) is 16.1. The van der Waals surface area contributed by atoms with Gasteiger partial charge in [-0.05, 0) is 36.4 Å². The van der Waals surface area contributed by atoms with Crippen LogP contribution in [0.4, 0.5) is 0 Å². The van der Waals surface area contributed by atoms with Crippen molar-refractivity contribution in [1.29, 1.82) is 5.41 Å². The second-order valence-corrected chi connectivity index (χ2v) is 10.3. The lowest BCUT2D eigenvalue weighted by atomic mass is 10.0. The van der Waals surface area contributed by atoms with Gasteiger partial charge in [0.25, 0.3) is 0 Å². The van der Waals surface area contributed by atoms with E-state index in [0.717, 1.165) is 65.2 Å². The molecule has 2 aliphatic heterocycles. The van der Waals surface area contributed by atoms with Gasteiger partial charge < -0.3 is 19.5 Å². The largest absolute Gasteiger partial charge is 0.463 e. The van der Waals surface area contributed by atoms with E-state index in [9.17, 15) is 0 Å². The molecule has 0 amide bonds. The lowest BCUT2D eigenvalue weighted by Crippen LogP contribution is -2.53.